The van der Waals surface area contributed by atoms with Crippen molar-refractivity contribution in [2.45, 2.75) is 46.0 Å². The van der Waals surface area contributed by atoms with E-state index in [1.54, 1.807) is 4.63 Å². The average molecular weight is 360 g/mol. The third-order valence-corrected chi connectivity index (χ3v) is 4.25. The van der Waals surface area contributed by atoms with Gasteiger partial charge in [0.2, 0.25) is 5.91 Å². The van der Waals surface area contributed by atoms with Gasteiger partial charge in [-0.25, -0.2) is 4.98 Å². The smallest absolute Gasteiger partial charge is 0.224 e. The van der Waals surface area contributed by atoms with E-state index < -0.39 is 0 Å². The van der Waals surface area contributed by atoms with E-state index in [0.29, 0.717) is 22.9 Å². The van der Waals surface area contributed by atoms with Gasteiger partial charge in [0.1, 0.15) is 5.02 Å². The van der Waals surface area contributed by atoms with Crippen molar-refractivity contribution in [2.75, 3.05) is 5.32 Å². The van der Waals surface area contributed by atoms with Crippen LogP contribution >= 0.6 is 11.6 Å². The molecule has 0 bridgehead atoms. The lowest BCUT2D eigenvalue weighted by Crippen LogP contribution is -2.13. The van der Waals surface area contributed by atoms with Crippen LogP contribution in [-0.4, -0.2) is 25.7 Å². The average Bonchev–Trinajstić information content (AvgIpc) is 3.08. The number of nitrogens with zero attached hydrogens (tertiary/aromatic N) is 3. The third kappa shape index (κ3) is 3.54. The quantitative estimate of drug-likeness (QED) is 0.724. The summed E-state index contributed by atoms with van der Waals surface area (Å²) in [5.74, 6) is 0.602. The predicted molar refractivity (Wildman–Crippen MR) is 100 cm³/mol. The lowest BCUT2D eigenvalue weighted by Gasteiger charge is -2.16. The summed E-state index contributed by atoms with van der Waals surface area (Å²) in [7, 11) is 0. The van der Waals surface area contributed by atoms with Crippen LogP contribution in [0, 0.1) is 0 Å². The van der Waals surface area contributed by atoms with Gasteiger partial charge >= 0.3 is 0 Å². The molecule has 2 N–H and O–H groups in total. The Morgan fingerprint density at radius 3 is 2.52 bits per heavy atom. The molecule has 0 saturated carbocycles. The van der Waals surface area contributed by atoms with Crippen molar-refractivity contribution >= 4 is 28.8 Å². The highest BCUT2D eigenvalue weighted by Gasteiger charge is 2.24. The van der Waals surface area contributed by atoms with Crippen LogP contribution in [0.5, 0.6) is 0 Å². The fraction of sp³-hybridized carbons (Fsp3) is 0.389. The van der Waals surface area contributed by atoms with Gasteiger partial charge in [0.05, 0.1) is 5.69 Å². The Labute approximate surface area is 151 Å². The van der Waals surface area contributed by atoms with Crippen LogP contribution in [0.2, 0.25) is 5.02 Å². The third-order valence-electron chi connectivity index (χ3n) is 3.89. The number of amides is 1. The molecule has 2 aromatic heterocycles. The molecule has 1 aromatic carbocycles. The summed E-state index contributed by atoms with van der Waals surface area (Å²) in [6, 6.07) is 7.46. The number of hydrogen-bond acceptors (Lipinski definition) is 3. The topological polar surface area (TPSA) is 75.1 Å². The zero-order valence-electron chi connectivity index (χ0n) is 14.9. The van der Waals surface area contributed by atoms with E-state index >= 15 is 0 Å². The number of carbonyl (C=O) groups excluding carboxylic acids is 1. The molecule has 132 valence electrons. The number of hydrogen-bond donors (Lipinski definition) is 2. The second kappa shape index (κ2) is 6.52. The minimum Gasteiger partial charge on any atom is -0.326 e. The van der Waals surface area contributed by atoms with Gasteiger partial charge in [0, 0.05) is 23.1 Å². The predicted octanol–water partition coefficient (Wildman–Crippen LogP) is 4.41. The lowest BCUT2D eigenvalue weighted by molar-refractivity contribution is -0.116. The van der Waals surface area contributed by atoms with Gasteiger partial charge < -0.3 is 5.32 Å². The number of aromatic nitrogens is 4. The molecular weight excluding hydrogens is 338 g/mol. The number of nitrogens with one attached hydrogen (secondary N) is 2. The number of benzene rings is 1. The molecule has 6 nitrogen and oxygen atoms in total. The van der Waals surface area contributed by atoms with Gasteiger partial charge in [-0.15, -0.1) is 5.10 Å². The molecule has 0 aliphatic carbocycles. The Balaban J connectivity index is 1.86. The molecule has 0 aliphatic heterocycles. The van der Waals surface area contributed by atoms with E-state index in [1.807, 2.05) is 31.2 Å². The second-order valence-corrected chi connectivity index (χ2v) is 7.48. The van der Waals surface area contributed by atoms with Crippen molar-refractivity contribution in [1.82, 2.24) is 19.8 Å². The number of anilines is 1. The van der Waals surface area contributed by atoms with Crippen molar-refractivity contribution in [3.05, 3.63) is 35.0 Å². The van der Waals surface area contributed by atoms with Crippen LogP contribution in [0.4, 0.5) is 5.69 Å². The van der Waals surface area contributed by atoms with Crippen molar-refractivity contribution in [3.63, 3.8) is 0 Å². The maximum Gasteiger partial charge on any atom is 0.224 e. The Bertz CT molecular complexity index is 902. The Morgan fingerprint density at radius 2 is 1.96 bits per heavy atom. The molecule has 0 radical (unpaired) electrons. The highest BCUT2D eigenvalue weighted by molar-refractivity contribution is 6.34. The highest BCUT2D eigenvalue weighted by atomic mass is 35.5. The molecule has 1 amide bonds. The molecule has 0 spiro atoms. The number of H-pyrrole nitrogens is 1. The number of aromatic amines is 1. The van der Waals surface area contributed by atoms with Gasteiger partial charge in [-0.3, -0.25) is 9.89 Å². The van der Waals surface area contributed by atoms with E-state index in [0.717, 1.165) is 23.4 Å². The van der Waals surface area contributed by atoms with Gasteiger partial charge in [0.25, 0.3) is 0 Å². The summed E-state index contributed by atoms with van der Waals surface area (Å²) in [6.07, 6.45) is 1.34. The summed E-state index contributed by atoms with van der Waals surface area (Å²) in [6.45, 7) is 8.22. The van der Waals surface area contributed by atoms with Gasteiger partial charge in [-0.1, -0.05) is 39.3 Å². The number of halogens is 1. The van der Waals surface area contributed by atoms with Gasteiger partial charge in [-0.2, -0.15) is 4.63 Å². The summed E-state index contributed by atoms with van der Waals surface area (Å²) in [5.41, 5.74) is 3.03. The lowest BCUT2D eigenvalue weighted by atomic mass is 9.92. The fourth-order valence-corrected chi connectivity index (χ4v) is 3.02. The Kier molecular flexibility index (Phi) is 4.56. The van der Waals surface area contributed by atoms with Gasteiger partial charge in [0.15, 0.2) is 11.5 Å². The molecule has 0 fully saturated rings. The Morgan fingerprint density at radius 1 is 1.28 bits per heavy atom. The highest BCUT2D eigenvalue weighted by Crippen LogP contribution is 2.31. The summed E-state index contributed by atoms with van der Waals surface area (Å²) in [5, 5.41) is 11.1. The zero-order chi connectivity index (χ0) is 18.2. The van der Waals surface area contributed by atoms with Crippen LogP contribution in [-0.2, 0) is 10.2 Å². The first-order chi connectivity index (χ1) is 11.8. The first-order valence-corrected chi connectivity index (χ1v) is 8.72. The maximum atomic E-state index is 11.6. The standard InChI is InChI=1S/C18H22ClN5O/c1-5-6-13(25)20-12-9-7-11(8-10-12)16-21-17-14(19)15(18(2,3)4)22-24(17)23-16/h7-10,22H,5-6H2,1-4H3,(H,20,25). The molecule has 3 aromatic rings. The summed E-state index contributed by atoms with van der Waals surface area (Å²) < 4.78 is 1.61. The van der Waals surface area contributed by atoms with Gasteiger partial charge in [-0.05, 0) is 30.7 Å². The maximum absolute atomic E-state index is 11.6. The molecule has 0 aliphatic rings. The molecule has 3 rings (SSSR count). The molecule has 2 heterocycles. The van der Waals surface area contributed by atoms with Crippen LogP contribution in [0.25, 0.3) is 17.0 Å². The van der Waals surface area contributed by atoms with Crippen LogP contribution in [0.1, 0.15) is 46.2 Å². The molecule has 0 unspecified atom stereocenters. The van der Waals surface area contributed by atoms with E-state index in [9.17, 15) is 4.79 Å². The van der Waals surface area contributed by atoms with E-state index in [1.165, 1.54) is 0 Å². The molecule has 25 heavy (non-hydrogen) atoms. The fourth-order valence-electron chi connectivity index (χ4n) is 2.57. The first-order valence-electron chi connectivity index (χ1n) is 8.34. The number of carbonyl (C=O) groups is 1. The van der Waals surface area contributed by atoms with Crippen molar-refractivity contribution < 1.29 is 4.79 Å². The Hall–Kier alpha value is -2.34. The summed E-state index contributed by atoms with van der Waals surface area (Å²) >= 11 is 6.45. The number of fused-ring (bicyclic) bond motifs is 1. The van der Waals surface area contributed by atoms with Crippen LogP contribution in [0.15, 0.2) is 24.3 Å². The van der Waals surface area contributed by atoms with Crippen molar-refractivity contribution in [1.29, 1.82) is 0 Å². The SMILES string of the molecule is CCCC(=O)Nc1ccc(-c2nc3c(Cl)c(C(C)(C)C)[nH]n3n2)cc1. The van der Waals surface area contributed by atoms with E-state index in [2.05, 4.69) is 41.3 Å². The minimum absolute atomic E-state index is 0.0187. The number of rotatable bonds is 4. The molecule has 0 saturated heterocycles. The van der Waals surface area contributed by atoms with Crippen molar-refractivity contribution in [3.8, 4) is 11.4 Å². The second-order valence-electron chi connectivity index (χ2n) is 7.10. The first kappa shape index (κ1) is 17.5. The molecular formula is C18H22ClN5O. The minimum atomic E-state index is -0.113. The largest absolute Gasteiger partial charge is 0.326 e. The summed E-state index contributed by atoms with van der Waals surface area (Å²) in [4.78, 5) is 16.2. The van der Waals surface area contributed by atoms with E-state index in [4.69, 9.17) is 11.6 Å². The normalized spacial score (nSPS) is 11.9. The van der Waals surface area contributed by atoms with E-state index in [-0.39, 0.29) is 11.3 Å². The van der Waals surface area contributed by atoms with Crippen LogP contribution in [0.3, 0.4) is 0 Å². The zero-order valence-corrected chi connectivity index (χ0v) is 15.6. The van der Waals surface area contributed by atoms with Crippen molar-refractivity contribution in [2.24, 2.45) is 0 Å². The van der Waals surface area contributed by atoms with Crippen LogP contribution < -0.4 is 5.32 Å². The monoisotopic (exact) mass is 359 g/mol. The molecule has 0 atom stereocenters. The molecule has 7 heteroatoms.